The predicted octanol–water partition coefficient (Wildman–Crippen LogP) is 2.69. The van der Waals surface area contributed by atoms with Gasteiger partial charge in [0.1, 0.15) is 0 Å². The van der Waals surface area contributed by atoms with E-state index in [1.54, 1.807) is 24.3 Å². The topological polar surface area (TPSA) is 151 Å². The predicted molar refractivity (Wildman–Crippen MR) is 138 cm³/mol. The van der Waals surface area contributed by atoms with E-state index in [4.69, 9.17) is 0 Å². The van der Waals surface area contributed by atoms with Crippen molar-refractivity contribution in [1.29, 1.82) is 0 Å². The number of hydrogen-bond acceptors (Lipinski definition) is 6. The summed E-state index contributed by atoms with van der Waals surface area (Å²) in [6.07, 6.45) is 0. The Morgan fingerprint density at radius 2 is 1.28 bits per heavy atom. The lowest BCUT2D eigenvalue weighted by molar-refractivity contribution is -0.123. The van der Waals surface area contributed by atoms with Crippen LogP contribution in [0.5, 0.6) is 0 Å². The van der Waals surface area contributed by atoms with Crippen LogP contribution in [-0.4, -0.2) is 34.7 Å². The van der Waals surface area contributed by atoms with Crippen LogP contribution in [0.4, 0.5) is 5.69 Å². The minimum Gasteiger partial charge on any atom is -0.280 e. The molecule has 0 spiro atoms. The molecule has 3 aromatic rings. The highest BCUT2D eigenvalue weighted by molar-refractivity contribution is 9.10. The molecular weight excluding hydrogens is 572 g/mol. The summed E-state index contributed by atoms with van der Waals surface area (Å²) in [6.45, 7) is 3.15. The zero-order valence-corrected chi connectivity index (χ0v) is 22.4. The molecule has 0 heterocycles. The van der Waals surface area contributed by atoms with E-state index in [9.17, 15) is 26.4 Å². The number of halogens is 1. The van der Waals surface area contributed by atoms with E-state index in [0.717, 1.165) is 10.0 Å². The normalized spacial score (nSPS) is 12.4. The van der Waals surface area contributed by atoms with Gasteiger partial charge in [-0.15, -0.1) is 0 Å². The Bertz CT molecular complexity index is 1460. The lowest BCUT2D eigenvalue weighted by Gasteiger charge is -2.15. The Labute approximate surface area is 217 Å². The van der Waals surface area contributed by atoms with Crippen LogP contribution in [0.3, 0.4) is 0 Å². The number of aryl methyl sites for hydroxylation is 1. The van der Waals surface area contributed by atoms with E-state index in [0.29, 0.717) is 0 Å². The van der Waals surface area contributed by atoms with Gasteiger partial charge in [0.15, 0.2) is 0 Å². The molecule has 2 amide bonds. The van der Waals surface area contributed by atoms with Gasteiger partial charge in [0.05, 0.1) is 15.8 Å². The Hall–Kier alpha value is -3.26. The molecule has 0 aliphatic rings. The molecule has 0 aliphatic heterocycles. The van der Waals surface area contributed by atoms with Gasteiger partial charge in [-0.2, -0.15) is 4.72 Å². The number of rotatable bonds is 8. The average Bonchev–Trinajstić information content (AvgIpc) is 2.82. The number of carbonyl (C=O) groups excluding carboxylic acids is 2. The maximum Gasteiger partial charge on any atom is 0.269 e. The number of sulfonamides is 2. The quantitative estimate of drug-likeness (QED) is 0.294. The van der Waals surface area contributed by atoms with Crippen LogP contribution in [0.2, 0.25) is 0 Å². The SMILES string of the molecule is Cc1ccc(S(=O)(=O)NC(C)C(=O)NNC(=O)c2ccc(NS(=O)(=O)c3ccc(Br)cc3)cc2)cc1. The molecule has 0 fully saturated rings. The molecule has 190 valence electrons. The summed E-state index contributed by atoms with van der Waals surface area (Å²) in [5.41, 5.74) is 5.61. The van der Waals surface area contributed by atoms with Crippen LogP contribution in [0.1, 0.15) is 22.8 Å². The molecule has 1 unspecified atom stereocenters. The van der Waals surface area contributed by atoms with Crippen molar-refractivity contribution >= 4 is 53.5 Å². The second-order valence-corrected chi connectivity index (χ2v) is 12.0. The van der Waals surface area contributed by atoms with Gasteiger partial charge >= 0.3 is 0 Å². The Kier molecular flexibility index (Phi) is 8.51. The number of hydrazine groups is 1. The van der Waals surface area contributed by atoms with Crippen molar-refractivity contribution in [3.8, 4) is 0 Å². The van der Waals surface area contributed by atoms with Crippen molar-refractivity contribution in [2.24, 2.45) is 0 Å². The Balaban J connectivity index is 1.55. The van der Waals surface area contributed by atoms with Gasteiger partial charge in [-0.25, -0.2) is 16.8 Å². The molecule has 0 bridgehead atoms. The highest BCUT2D eigenvalue weighted by Crippen LogP contribution is 2.19. The first-order chi connectivity index (χ1) is 16.9. The molecule has 0 saturated carbocycles. The number of hydrogen-bond donors (Lipinski definition) is 4. The summed E-state index contributed by atoms with van der Waals surface area (Å²) in [6, 6.07) is 16.6. The molecule has 0 saturated heterocycles. The van der Waals surface area contributed by atoms with Crippen molar-refractivity contribution in [3.63, 3.8) is 0 Å². The number of nitrogens with one attached hydrogen (secondary N) is 4. The first kappa shape index (κ1) is 27.3. The van der Waals surface area contributed by atoms with Crippen molar-refractivity contribution < 1.29 is 26.4 Å². The summed E-state index contributed by atoms with van der Waals surface area (Å²) >= 11 is 3.24. The lowest BCUT2D eigenvalue weighted by Crippen LogP contribution is -2.51. The molecule has 1 atom stereocenters. The first-order valence-corrected chi connectivity index (χ1v) is 14.2. The molecule has 0 radical (unpaired) electrons. The third-order valence-electron chi connectivity index (χ3n) is 4.88. The maximum absolute atomic E-state index is 12.5. The number of benzene rings is 3. The van der Waals surface area contributed by atoms with E-state index in [-0.39, 0.29) is 21.0 Å². The van der Waals surface area contributed by atoms with Crippen molar-refractivity contribution in [3.05, 3.63) is 88.4 Å². The van der Waals surface area contributed by atoms with Crippen molar-refractivity contribution in [1.82, 2.24) is 15.6 Å². The van der Waals surface area contributed by atoms with Crippen LogP contribution in [0.15, 0.2) is 87.1 Å². The molecule has 3 rings (SSSR count). The van der Waals surface area contributed by atoms with Gasteiger partial charge in [0.2, 0.25) is 10.0 Å². The van der Waals surface area contributed by atoms with Crippen LogP contribution in [-0.2, 0) is 24.8 Å². The minimum atomic E-state index is -3.94. The van der Waals surface area contributed by atoms with Gasteiger partial charge in [-0.1, -0.05) is 33.6 Å². The second-order valence-electron chi connectivity index (χ2n) is 7.74. The molecule has 13 heteroatoms. The van der Waals surface area contributed by atoms with E-state index in [1.807, 2.05) is 6.92 Å². The molecule has 4 N–H and O–H groups in total. The molecule has 36 heavy (non-hydrogen) atoms. The highest BCUT2D eigenvalue weighted by Gasteiger charge is 2.22. The largest absolute Gasteiger partial charge is 0.280 e. The fraction of sp³-hybridized carbons (Fsp3) is 0.130. The molecule has 0 aliphatic carbocycles. The lowest BCUT2D eigenvalue weighted by atomic mass is 10.2. The zero-order valence-electron chi connectivity index (χ0n) is 19.1. The van der Waals surface area contributed by atoms with Gasteiger partial charge in [0.25, 0.3) is 21.8 Å². The smallest absolute Gasteiger partial charge is 0.269 e. The number of amides is 2. The molecular formula is C23H23BrN4O6S2. The zero-order chi connectivity index (χ0) is 26.5. The second kappa shape index (κ2) is 11.2. The minimum absolute atomic E-state index is 0.00707. The van der Waals surface area contributed by atoms with Crippen molar-refractivity contribution in [2.45, 2.75) is 29.7 Å². The number of anilines is 1. The molecule has 10 nitrogen and oxygen atoms in total. The fourth-order valence-corrected chi connectivity index (χ4v) is 5.41. The highest BCUT2D eigenvalue weighted by atomic mass is 79.9. The van der Waals surface area contributed by atoms with E-state index in [2.05, 4.69) is 36.2 Å². The van der Waals surface area contributed by atoms with Gasteiger partial charge < -0.3 is 0 Å². The summed E-state index contributed by atoms with van der Waals surface area (Å²) in [5, 5.41) is 0. The third-order valence-corrected chi connectivity index (χ3v) is 8.36. The third kappa shape index (κ3) is 7.13. The maximum atomic E-state index is 12.5. The molecule has 3 aromatic carbocycles. The van der Waals surface area contributed by atoms with E-state index < -0.39 is 37.9 Å². The summed E-state index contributed by atoms with van der Waals surface area (Å²) < 4.78 is 55.2. The number of carbonyl (C=O) groups is 2. The average molecular weight is 595 g/mol. The standard InChI is InChI=1S/C23H23BrN4O6S2/c1-15-3-11-20(12-4-15)35(31,32)27-16(2)22(29)25-26-23(30)17-5-9-19(10-6-17)28-36(33,34)21-13-7-18(24)8-14-21/h3-14,16,27-28H,1-2H3,(H,25,29)(H,26,30). The van der Waals surface area contributed by atoms with Crippen LogP contribution >= 0.6 is 15.9 Å². The van der Waals surface area contributed by atoms with Crippen LogP contribution < -0.4 is 20.3 Å². The Morgan fingerprint density at radius 3 is 1.86 bits per heavy atom. The van der Waals surface area contributed by atoms with Crippen molar-refractivity contribution in [2.75, 3.05) is 4.72 Å². The van der Waals surface area contributed by atoms with E-state index in [1.165, 1.54) is 55.5 Å². The fourth-order valence-electron chi connectivity index (χ4n) is 2.89. The van der Waals surface area contributed by atoms with Gasteiger partial charge in [-0.05, 0) is 74.5 Å². The van der Waals surface area contributed by atoms with Crippen LogP contribution in [0.25, 0.3) is 0 Å². The van der Waals surface area contributed by atoms with E-state index >= 15 is 0 Å². The van der Waals surface area contributed by atoms with Crippen LogP contribution in [0, 0.1) is 6.92 Å². The first-order valence-electron chi connectivity index (χ1n) is 10.4. The summed E-state index contributed by atoms with van der Waals surface area (Å²) in [5.74, 6) is -1.46. The molecule has 0 aromatic heterocycles. The van der Waals surface area contributed by atoms with Gasteiger partial charge in [-0.3, -0.25) is 25.2 Å². The van der Waals surface area contributed by atoms with Gasteiger partial charge in [0, 0.05) is 15.7 Å². The monoisotopic (exact) mass is 594 g/mol. The Morgan fingerprint density at radius 1 is 0.750 bits per heavy atom. The summed E-state index contributed by atoms with van der Waals surface area (Å²) in [4.78, 5) is 24.7. The summed E-state index contributed by atoms with van der Waals surface area (Å²) in [7, 11) is -7.75.